The second kappa shape index (κ2) is 2.73. The summed E-state index contributed by atoms with van der Waals surface area (Å²) >= 11 is 0. The summed E-state index contributed by atoms with van der Waals surface area (Å²) in [4.78, 5) is 1.51. The first kappa shape index (κ1) is 8.39. The lowest BCUT2D eigenvalue weighted by molar-refractivity contribution is -0.332. The molecule has 1 atom stereocenters. The van der Waals surface area contributed by atoms with Gasteiger partial charge >= 0.3 is 6.36 Å². The Hall–Kier alpha value is -0.710. The van der Waals surface area contributed by atoms with Gasteiger partial charge in [-0.2, -0.15) is 0 Å². The van der Waals surface area contributed by atoms with E-state index >= 15 is 0 Å². The van der Waals surface area contributed by atoms with Crippen molar-refractivity contribution in [2.45, 2.75) is 12.5 Å². The number of hydrogen-bond donors (Lipinski definition) is 0. The van der Waals surface area contributed by atoms with Gasteiger partial charge < -0.3 is 4.90 Å². The fourth-order valence-electron chi connectivity index (χ4n) is 0.776. The highest BCUT2D eigenvalue weighted by Crippen LogP contribution is 2.23. The quantitative estimate of drug-likeness (QED) is 0.585. The molecule has 0 fully saturated rings. The molecule has 0 bridgehead atoms. The second-order valence-electron chi connectivity index (χ2n) is 2.18. The molecule has 11 heavy (non-hydrogen) atoms. The first-order valence-corrected chi connectivity index (χ1v) is 2.97. The summed E-state index contributed by atoms with van der Waals surface area (Å²) in [5, 5.41) is 0. The van der Waals surface area contributed by atoms with E-state index in [9.17, 15) is 13.2 Å². The van der Waals surface area contributed by atoms with Crippen molar-refractivity contribution in [1.82, 2.24) is 4.90 Å². The van der Waals surface area contributed by atoms with Crippen LogP contribution >= 0.6 is 0 Å². The van der Waals surface area contributed by atoms with Crippen LogP contribution in [0.3, 0.4) is 0 Å². The van der Waals surface area contributed by atoms with E-state index in [1.807, 2.05) is 0 Å². The smallest absolute Gasteiger partial charge is 0.373 e. The highest BCUT2D eigenvalue weighted by molar-refractivity contribution is 5.05. The van der Waals surface area contributed by atoms with Crippen molar-refractivity contribution < 1.29 is 17.9 Å². The lowest BCUT2D eigenvalue weighted by Gasteiger charge is -2.13. The highest BCUT2D eigenvalue weighted by Gasteiger charge is 2.34. The Bertz CT molecular complexity index is 166. The third-order valence-corrected chi connectivity index (χ3v) is 1.16. The summed E-state index contributed by atoms with van der Waals surface area (Å²) in [6.07, 6.45) is -2.69. The topological polar surface area (TPSA) is 12.5 Å². The molecule has 5 heteroatoms. The van der Waals surface area contributed by atoms with Crippen LogP contribution in [0.1, 0.15) is 0 Å². The Balaban J connectivity index is 2.36. The summed E-state index contributed by atoms with van der Waals surface area (Å²) < 4.78 is 38.3. The molecule has 63 valence electrons. The van der Waals surface area contributed by atoms with E-state index < -0.39 is 12.5 Å². The molecule has 0 amide bonds. The summed E-state index contributed by atoms with van der Waals surface area (Å²) in [6, 6.07) is 0. The predicted molar refractivity (Wildman–Crippen MR) is 32.1 cm³/mol. The van der Waals surface area contributed by atoms with E-state index in [0.29, 0.717) is 0 Å². The summed E-state index contributed by atoms with van der Waals surface area (Å²) in [6.45, 7) is 1.33. The molecule has 0 aliphatic carbocycles. The molecule has 0 spiro atoms. The number of likely N-dealkylation sites (N-methyl/N-ethyl adjacent to an activating group) is 1. The lowest BCUT2D eigenvalue weighted by Crippen LogP contribution is -2.23. The van der Waals surface area contributed by atoms with Crippen LogP contribution in [0, 0.1) is 6.54 Å². The zero-order chi connectivity index (χ0) is 8.48. The molecular weight excluding hydrogens is 159 g/mol. The molecule has 0 aromatic heterocycles. The number of rotatable bonds is 1. The average molecular weight is 166 g/mol. The van der Waals surface area contributed by atoms with Crippen LogP contribution < -0.4 is 0 Å². The first-order valence-electron chi connectivity index (χ1n) is 2.97. The van der Waals surface area contributed by atoms with E-state index in [-0.39, 0.29) is 0 Å². The SMILES string of the molecule is CN1[CH]C(OC(F)(F)F)C=C1. The van der Waals surface area contributed by atoms with E-state index in [1.54, 1.807) is 7.05 Å². The Labute approximate surface area is 62.2 Å². The first-order chi connectivity index (χ1) is 4.97. The maximum Gasteiger partial charge on any atom is 0.523 e. The molecule has 0 aromatic rings. The maximum absolute atomic E-state index is 11.5. The van der Waals surface area contributed by atoms with Crippen molar-refractivity contribution in [2.24, 2.45) is 0 Å². The predicted octanol–water partition coefficient (Wildman–Crippen LogP) is 1.51. The van der Waals surface area contributed by atoms with Crippen LogP contribution in [-0.4, -0.2) is 24.4 Å². The molecule has 2 nitrogen and oxygen atoms in total. The third-order valence-electron chi connectivity index (χ3n) is 1.16. The van der Waals surface area contributed by atoms with Crippen molar-refractivity contribution in [2.75, 3.05) is 7.05 Å². The zero-order valence-electron chi connectivity index (χ0n) is 5.80. The van der Waals surface area contributed by atoms with Gasteiger partial charge in [0.25, 0.3) is 0 Å². The van der Waals surface area contributed by atoms with Gasteiger partial charge in [0.15, 0.2) is 0 Å². The fraction of sp³-hybridized carbons (Fsp3) is 0.500. The normalized spacial score (nSPS) is 24.7. The third kappa shape index (κ3) is 2.80. The second-order valence-corrected chi connectivity index (χ2v) is 2.18. The van der Waals surface area contributed by atoms with E-state index in [2.05, 4.69) is 4.74 Å². The van der Waals surface area contributed by atoms with Crippen LogP contribution in [0.2, 0.25) is 0 Å². The van der Waals surface area contributed by atoms with Crippen molar-refractivity contribution >= 4 is 0 Å². The molecule has 1 heterocycles. The van der Waals surface area contributed by atoms with Crippen LogP contribution in [-0.2, 0) is 4.74 Å². The minimum atomic E-state index is -4.56. The van der Waals surface area contributed by atoms with Gasteiger partial charge in [0.05, 0.1) is 6.54 Å². The molecule has 0 aromatic carbocycles. The number of hydrogen-bond acceptors (Lipinski definition) is 2. The van der Waals surface area contributed by atoms with Crippen molar-refractivity contribution in [3.05, 3.63) is 18.8 Å². The number of halogens is 3. The van der Waals surface area contributed by atoms with Gasteiger partial charge in [-0.3, -0.25) is 4.74 Å². The van der Waals surface area contributed by atoms with Crippen LogP contribution in [0.15, 0.2) is 12.3 Å². The largest absolute Gasteiger partial charge is 0.523 e. The Morgan fingerprint density at radius 1 is 1.45 bits per heavy atom. The zero-order valence-corrected chi connectivity index (χ0v) is 5.80. The molecule has 1 aliphatic heterocycles. The van der Waals surface area contributed by atoms with Crippen LogP contribution in [0.25, 0.3) is 0 Å². The maximum atomic E-state index is 11.5. The van der Waals surface area contributed by atoms with Gasteiger partial charge in [0, 0.05) is 7.05 Å². The molecule has 0 N–H and O–H groups in total. The number of ether oxygens (including phenoxy) is 1. The summed E-state index contributed by atoms with van der Waals surface area (Å²) in [7, 11) is 1.64. The van der Waals surface area contributed by atoms with Gasteiger partial charge in [-0.1, -0.05) is 0 Å². The van der Waals surface area contributed by atoms with Gasteiger partial charge in [0.1, 0.15) is 6.10 Å². The minimum Gasteiger partial charge on any atom is -0.373 e. The van der Waals surface area contributed by atoms with Crippen molar-refractivity contribution in [3.63, 3.8) is 0 Å². The van der Waals surface area contributed by atoms with E-state index in [4.69, 9.17) is 0 Å². The summed E-state index contributed by atoms with van der Waals surface area (Å²) in [5.74, 6) is 0. The van der Waals surface area contributed by atoms with Gasteiger partial charge in [-0.05, 0) is 12.3 Å². The Kier molecular flexibility index (Phi) is 2.08. The van der Waals surface area contributed by atoms with Crippen LogP contribution in [0.5, 0.6) is 0 Å². The molecular formula is C6H7F3NO. The number of alkyl halides is 3. The molecule has 0 saturated heterocycles. The average Bonchev–Trinajstić information content (AvgIpc) is 2.10. The number of nitrogens with zero attached hydrogens (tertiary/aromatic N) is 1. The van der Waals surface area contributed by atoms with Gasteiger partial charge in [-0.25, -0.2) is 0 Å². The lowest BCUT2D eigenvalue weighted by atomic mass is 10.4. The Morgan fingerprint density at radius 3 is 2.45 bits per heavy atom. The van der Waals surface area contributed by atoms with Gasteiger partial charge in [0.2, 0.25) is 0 Å². The molecule has 1 aliphatic rings. The van der Waals surface area contributed by atoms with Crippen molar-refractivity contribution in [1.29, 1.82) is 0 Å². The molecule has 1 unspecified atom stereocenters. The van der Waals surface area contributed by atoms with Gasteiger partial charge in [-0.15, -0.1) is 13.2 Å². The van der Waals surface area contributed by atoms with E-state index in [0.717, 1.165) is 0 Å². The molecule has 0 saturated carbocycles. The summed E-state index contributed by atoms with van der Waals surface area (Å²) in [5.41, 5.74) is 0. The van der Waals surface area contributed by atoms with Crippen molar-refractivity contribution in [3.8, 4) is 0 Å². The monoisotopic (exact) mass is 166 g/mol. The standard InChI is InChI=1S/C6H7F3NO/c1-10-3-2-5(4-10)11-6(7,8)9/h2-5H,1H3. The highest BCUT2D eigenvalue weighted by atomic mass is 19.4. The Morgan fingerprint density at radius 2 is 2.09 bits per heavy atom. The van der Waals surface area contributed by atoms with Crippen LogP contribution in [0.4, 0.5) is 13.2 Å². The minimum absolute atomic E-state index is 0.972. The molecule has 1 radical (unpaired) electrons. The molecule has 1 rings (SSSR count). The fourth-order valence-corrected chi connectivity index (χ4v) is 0.776. The van der Waals surface area contributed by atoms with E-state index in [1.165, 1.54) is 23.7 Å².